The summed E-state index contributed by atoms with van der Waals surface area (Å²) in [5.41, 5.74) is -2.35. The van der Waals surface area contributed by atoms with E-state index in [0.717, 1.165) is 18.2 Å². The smallest absolute Gasteiger partial charge is 0.418 e. The van der Waals surface area contributed by atoms with E-state index in [0.29, 0.717) is 6.07 Å². The molecule has 182 valence electrons. The molecule has 0 aliphatic heterocycles. The van der Waals surface area contributed by atoms with Crippen molar-refractivity contribution < 1.29 is 36.7 Å². The molecule has 0 saturated carbocycles. The van der Waals surface area contributed by atoms with E-state index in [1.54, 1.807) is 6.92 Å². The Balaban J connectivity index is 1.85. The number of hydrogen-bond acceptors (Lipinski definition) is 5. The number of carbonyl (C=O) groups is 3. The van der Waals surface area contributed by atoms with Gasteiger partial charge in [-0.05, 0) is 56.3 Å². The lowest BCUT2D eigenvalue weighted by atomic mass is 10.1. The number of ether oxygens (including phenoxy) is 1. The van der Waals surface area contributed by atoms with Gasteiger partial charge in [0.1, 0.15) is 11.5 Å². The highest BCUT2D eigenvalue weighted by Crippen LogP contribution is 2.37. The molecule has 0 saturated heterocycles. The van der Waals surface area contributed by atoms with Gasteiger partial charge in [0, 0.05) is 5.69 Å². The van der Waals surface area contributed by atoms with Crippen molar-refractivity contribution in [2.75, 3.05) is 17.2 Å². The number of nitrogens with one attached hydrogen (secondary N) is 2. The van der Waals surface area contributed by atoms with Gasteiger partial charge in [0.15, 0.2) is 0 Å². The van der Waals surface area contributed by atoms with Gasteiger partial charge >= 0.3 is 12.1 Å². The Morgan fingerprint density at radius 3 is 2.29 bits per heavy atom. The van der Waals surface area contributed by atoms with Crippen LogP contribution in [0, 0.1) is 12.7 Å². The zero-order chi connectivity index (χ0) is 25.8. The Hall–Kier alpha value is -4.28. The molecule has 11 heteroatoms. The van der Waals surface area contributed by atoms with Crippen LogP contribution in [-0.2, 0) is 10.9 Å². The number of alkyl halides is 3. The van der Waals surface area contributed by atoms with E-state index < -0.39 is 41.0 Å². The zero-order valence-electron chi connectivity index (χ0n) is 18.5. The van der Waals surface area contributed by atoms with Crippen LogP contribution < -0.4 is 10.6 Å². The van der Waals surface area contributed by atoms with Crippen molar-refractivity contribution in [2.24, 2.45) is 0 Å². The second kappa shape index (κ2) is 10.3. The summed E-state index contributed by atoms with van der Waals surface area (Å²) in [7, 11) is 0. The minimum atomic E-state index is -4.89. The van der Waals surface area contributed by atoms with Crippen LogP contribution >= 0.6 is 0 Å². The number of carbonyl (C=O) groups excluding carboxylic acids is 3. The lowest BCUT2D eigenvalue weighted by Crippen LogP contribution is -2.20. The third-order valence-corrected chi connectivity index (χ3v) is 4.76. The third kappa shape index (κ3) is 5.99. The summed E-state index contributed by atoms with van der Waals surface area (Å²) in [5, 5.41) is 4.36. The van der Waals surface area contributed by atoms with Crippen LogP contribution in [0.3, 0.4) is 0 Å². The monoisotopic (exact) mass is 489 g/mol. The molecule has 0 bridgehead atoms. The van der Waals surface area contributed by atoms with Crippen LogP contribution in [0.25, 0.3) is 0 Å². The molecule has 0 spiro atoms. The van der Waals surface area contributed by atoms with Gasteiger partial charge in [-0.25, -0.2) is 14.2 Å². The molecule has 1 heterocycles. The molecule has 3 rings (SSSR count). The van der Waals surface area contributed by atoms with Crippen molar-refractivity contribution in [3.05, 3.63) is 88.5 Å². The maximum absolute atomic E-state index is 13.8. The number of pyridine rings is 1. The molecule has 2 N–H and O–H groups in total. The number of esters is 1. The molecule has 0 aliphatic carbocycles. The molecule has 0 unspecified atom stereocenters. The minimum absolute atomic E-state index is 0.120. The van der Waals surface area contributed by atoms with Crippen molar-refractivity contribution in [3.8, 4) is 0 Å². The lowest BCUT2D eigenvalue weighted by molar-refractivity contribution is -0.136. The summed E-state index contributed by atoms with van der Waals surface area (Å²) in [6.45, 7) is 3.21. The molecular weight excluding hydrogens is 470 g/mol. The quantitative estimate of drug-likeness (QED) is 0.365. The number of aryl methyl sites for hydroxylation is 1. The summed E-state index contributed by atoms with van der Waals surface area (Å²) in [6.07, 6.45) is -4.89. The Kier molecular flexibility index (Phi) is 7.48. The highest BCUT2D eigenvalue weighted by atomic mass is 19.4. The van der Waals surface area contributed by atoms with Crippen LogP contribution in [0.4, 0.5) is 28.9 Å². The molecule has 0 atom stereocenters. The standard InChI is InChI=1S/C24H19F4N3O4/c1-3-35-23(34)15-9-11-20(29-13(15)2)22(33)31-19-10-8-14(12-17(19)24(26,27)28)30-21(32)16-6-4-5-7-18(16)25/h4-12H,3H2,1-2H3,(H,30,32)(H,31,33). The molecule has 1 aromatic heterocycles. The summed E-state index contributed by atoms with van der Waals surface area (Å²) in [5.74, 6) is -3.36. The average Bonchev–Trinajstić information content (AvgIpc) is 2.79. The summed E-state index contributed by atoms with van der Waals surface area (Å²) < 4.78 is 59.8. The molecule has 35 heavy (non-hydrogen) atoms. The van der Waals surface area contributed by atoms with Crippen LogP contribution in [0.1, 0.15) is 49.4 Å². The Morgan fingerprint density at radius 1 is 0.943 bits per heavy atom. The van der Waals surface area contributed by atoms with Crippen LogP contribution in [0.5, 0.6) is 0 Å². The van der Waals surface area contributed by atoms with Crippen molar-refractivity contribution in [3.63, 3.8) is 0 Å². The number of hydrogen-bond donors (Lipinski definition) is 2. The number of nitrogens with zero attached hydrogens (tertiary/aromatic N) is 1. The number of rotatable bonds is 6. The Bertz CT molecular complexity index is 1290. The number of halogens is 4. The van der Waals surface area contributed by atoms with E-state index >= 15 is 0 Å². The SMILES string of the molecule is CCOC(=O)c1ccc(C(=O)Nc2ccc(NC(=O)c3ccccc3F)cc2C(F)(F)F)nc1C. The van der Waals surface area contributed by atoms with E-state index in [4.69, 9.17) is 4.74 Å². The molecular formula is C24H19F4N3O4. The predicted molar refractivity (Wildman–Crippen MR) is 119 cm³/mol. The minimum Gasteiger partial charge on any atom is -0.462 e. The molecule has 2 amide bonds. The topological polar surface area (TPSA) is 97.4 Å². The van der Waals surface area contributed by atoms with Gasteiger partial charge in [-0.2, -0.15) is 13.2 Å². The fourth-order valence-electron chi connectivity index (χ4n) is 3.11. The number of aromatic nitrogens is 1. The van der Waals surface area contributed by atoms with Gasteiger partial charge < -0.3 is 15.4 Å². The highest BCUT2D eigenvalue weighted by Gasteiger charge is 2.34. The first-order valence-corrected chi connectivity index (χ1v) is 10.2. The van der Waals surface area contributed by atoms with Gasteiger partial charge in [0.25, 0.3) is 11.8 Å². The van der Waals surface area contributed by atoms with E-state index in [-0.39, 0.29) is 34.8 Å². The highest BCUT2D eigenvalue weighted by molar-refractivity contribution is 6.06. The third-order valence-electron chi connectivity index (χ3n) is 4.76. The van der Waals surface area contributed by atoms with Gasteiger partial charge in [-0.1, -0.05) is 12.1 Å². The van der Waals surface area contributed by atoms with Crippen LogP contribution in [-0.4, -0.2) is 29.4 Å². The average molecular weight is 489 g/mol. The first-order chi connectivity index (χ1) is 16.5. The maximum atomic E-state index is 13.8. The molecule has 0 fully saturated rings. The predicted octanol–water partition coefficient (Wildman–Crippen LogP) is 5.23. The second-order valence-electron chi connectivity index (χ2n) is 7.20. The fourth-order valence-corrected chi connectivity index (χ4v) is 3.11. The molecule has 2 aromatic carbocycles. The van der Waals surface area contributed by atoms with Crippen LogP contribution in [0.15, 0.2) is 54.6 Å². The van der Waals surface area contributed by atoms with E-state index in [1.165, 1.54) is 37.3 Å². The molecule has 0 aliphatic rings. The summed E-state index contributed by atoms with van der Waals surface area (Å²) in [4.78, 5) is 40.7. The number of amides is 2. The van der Waals surface area contributed by atoms with Crippen molar-refractivity contribution >= 4 is 29.2 Å². The van der Waals surface area contributed by atoms with E-state index in [9.17, 15) is 31.9 Å². The van der Waals surface area contributed by atoms with E-state index in [1.807, 2.05) is 0 Å². The first kappa shape index (κ1) is 25.3. The second-order valence-corrected chi connectivity index (χ2v) is 7.20. The summed E-state index contributed by atoms with van der Waals surface area (Å²) in [6, 6.07) is 10.2. The maximum Gasteiger partial charge on any atom is 0.418 e. The van der Waals surface area contributed by atoms with Crippen molar-refractivity contribution in [2.45, 2.75) is 20.0 Å². The largest absolute Gasteiger partial charge is 0.462 e. The Labute approximate surface area is 197 Å². The summed E-state index contributed by atoms with van der Waals surface area (Å²) >= 11 is 0. The van der Waals surface area contributed by atoms with Gasteiger partial charge in [-0.15, -0.1) is 0 Å². The number of benzene rings is 2. The normalized spacial score (nSPS) is 11.0. The fraction of sp³-hybridized carbons (Fsp3) is 0.167. The zero-order valence-corrected chi connectivity index (χ0v) is 18.5. The number of anilines is 2. The van der Waals surface area contributed by atoms with Gasteiger partial charge in [0.2, 0.25) is 0 Å². The molecule has 7 nitrogen and oxygen atoms in total. The lowest BCUT2D eigenvalue weighted by Gasteiger charge is -2.16. The van der Waals surface area contributed by atoms with Gasteiger partial charge in [-0.3, -0.25) is 9.59 Å². The van der Waals surface area contributed by atoms with Crippen molar-refractivity contribution in [1.82, 2.24) is 4.98 Å². The van der Waals surface area contributed by atoms with Crippen molar-refractivity contribution in [1.29, 1.82) is 0 Å². The van der Waals surface area contributed by atoms with Gasteiger partial charge in [0.05, 0.1) is 34.7 Å². The molecule has 3 aromatic rings. The first-order valence-electron chi connectivity index (χ1n) is 10.2. The van der Waals surface area contributed by atoms with E-state index in [2.05, 4.69) is 15.6 Å². The Morgan fingerprint density at radius 2 is 1.66 bits per heavy atom. The molecule has 0 radical (unpaired) electrons. The van der Waals surface area contributed by atoms with Crippen LogP contribution in [0.2, 0.25) is 0 Å².